The van der Waals surface area contributed by atoms with Crippen LogP contribution in [0.3, 0.4) is 0 Å². The van der Waals surface area contributed by atoms with Crippen LogP contribution >= 0.6 is 0 Å². The number of fused-ring (bicyclic) bond motifs is 2. The molecule has 3 nitrogen and oxygen atoms in total. The van der Waals surface area contributed by atoms with Gasteiger partial charge in [-0.1, -0.05) is 0 Å². The highest BCUT2D eigenvalue weighted by molar-refractivity contribution is 5.74. The summed E-state index contributed by atoms with van der Waals surface area (Å²) in [5, 5.41) is 0. The van der Waals surface area contributed by atoms with Gasteiger partial charge in [0.1, 0.15) is 0 Å². The van der Waals surface area contributed by atoms with Gasteiger partial charge in [-0.2, -0.15) is 0 Å². The maximum absolute atomic E-state index is 10.9. The zero-order valence-electron chi connectivity index (χ0n) is 8.20. The van der Waals surface area contributed by atoms with Crippen LogP contribution in [0.2, 0.25) is 0 Å². The number of primary amides is 1. The number of hydrogen-bond donors (Lipinski definition) is 1. The number of carbonyl (C=O) groups is 1. The molecule has 2 bridgehead atoms. The van der Waals surface area contributed by atoms with Gasteiger partial charge >= 0.3 is 0 Å². The van der Waals surface area contributed by atoms with Gasteiger partial charge in [-0.25, -0.2) is 0 Å². The molecule has 3 heteroatoms. The van der Waals surface area contributed by atoms with Crippen LogP contribution in [0.25, 0.3) is 0 Å². The summed E-state index contributed by atoms with van der Waals surface area (Å²) in [6.07, 6.45) is 3.21. The third-order valence-electron chi connectivity index (χ3n) is 3.65. The Labute approximate surface area is 79.3 Å². The van der Waals surface area contributed by atoms with Crippen molar-refractivity contribution in [2.24, 2.45) is 23.5 Å². The monoisotopic (exact) mass is 182 g/mol. The van der Waals surface area contributed by atoms with Crippen LogP contribution in [-0.2, 0) is 4.79 Å². The lowest BCUT2D eigenvalue weighted by Gasteiger charge is -2.35. The van der Waals surface area contributed by atoms with Crippen molar-refractivity contribution >= 4 is 5.91 Å². The Bertz CT molecular complexity index is 203. The fraction of sp³-hybridized carbons (Fsp3) is 0.900. The molecule has 1 heterocycles. The van der Waals surface area contributed by atoms with E-state index in [1.54, 1.807) is 0 Å². The Morgan fingerprint density at radius 3 is 2.38 bits per heavy atom. The van der Waals surface area contributed by atoms with Crippen LogP contribution in [0, 0.1) is 17.8 Å². The van der Waals surface area contributed by atoms with Gasteiger partial charge in [0.05, 0.1) is 0 Å². The maximum atomic E-state index is 10.9. The summed E-state index contributed by atoms with van der Waals surface area (Å²) >= 11 is 0. The molecule has 1 amide bonds. The average molecular weight is 182 g/mol. The zero-order valence-corrected chi connectivity index (χ0v) is 8.20. The molecular formula is C10H18N2O. The first-order valence-corrected chi connectivity index (χ1v) is 5.13. The van der Waals surface area contributed by atoms with E-state index >= 15 is 0 Å². The lowest BCUT2D eigenvalue weighted by molar-refractivity contribution is -0.119. The summed E-state index contributed by atoms with van der Waals surface area (Å²) in [4.78, 5) is 13.3. The van der Waals surface area contributed by atoms with Crippen molar-refractivity contribution in [2.45, 2.75) is 19.3 Å². The fourth-order valence-electron chi connectivity index (χ4n) is 3.14. The van der Waals surface area contributed by atoms with E-state index in [9.17, 15) is 4.79 Å². The average Bonchev–Trinajstić information content (AvgIpc) is 2.32. The Balaban J connectivity index is 2.02. The van der Waals surface area contributed by atoms with E-state index in [2.05, 4.69) is 11.9 Å². The van der Waals surface area contributed by atoms with E-state index in [-0.39, 0.29) is 5.91 Å². The summed E-state index contributed by atoms with van der Waals surface area (Å²) in [5.74, 6) is 1.94. The number of rotatable bonds is 2. The van der Waals surface area contributed by atoms with E-state index in [4.69, 9.17) is 5.73 Å². The van der Waals surface area contributed by atoms with Crippen molar-refractivity contribution in [3.05, 3.63) is 0 Å². The standard InChI is InChI=1S/C10H18N2O/c1-12-5-7-2-3-8(6-12)9(7)4-10(11)13/h7-9H,2-6H2,1H3,(H2,11,13). The minimum atomic E-state index is -0.119. The van der Waals surface area contributed by atoms with Gasteiger partial charge in [0.25, 0.3) is 0 Å². The number of hydrogen-bond acceptors (Lipinski definition) is 2. The number of nitrogens with zero attached hydrogens (tertiary/aromatic N) is 1. The van der Waals surface area contributed by atoms with Crippen LogP contribution in [0.1, 0.15) is 19.3 Å². The second-order valence-corrected chi connectivity index (χ2v) is 4.65. The highest BCUT2D eigenvalue weighted by atomic mass is 16.1. The predicted molar refractivity (Wildman–Crippen MR) is 51.0 cm³/mol. The molecule has 2 N–H and O–H groups in total. The van der Waals surface area contributed by atoms with Crippen LogP contribution in [0.15, 0.2) is 0 Å². The molecule has 0 aromatic carbocycles. The fourth-order valence-corrected chi connectivity index (χ4v) is 3.14. The van der Waals surface area contributed by atoms with Gasteiger partial charge in [-0.15, -0.1) is 0 Å². The molecule has 74 valence electrons. The summed E-state index contributed by atoms with van der Waals surface area (Å²) in [7, 11) is 2.17. The molecule has 2 atom stereocenters. The van der Waals surface area contributed by atoms with Crippen molar-refractivity contribution in [1.82, 2.24) is 4.90 Å². The molecular weight excluding hydrogens is 164 g/mol. The molecule has 0 aromatic heterocycles. The van der Waals surface area contributed by atoms with Crippen LogP contribution in [0.5, 0.6) is 0 Å². The highest BCUT2D eigenvalue weighted by Gasteiger charge is 2.41. The second-order valence-electron chi connectivity index (χ2n) is 4.65. The lowest BCUT2D eigenvalue weighted by Crippen LogP contribution is -2.40. The van der Waals surface area contributed by atoms with Gasteiger partial charge in [0.2, 0.25) is 5.91 Å². The molecule has 1 aliphatic carbocycles. The number of nitrogens with two attached hydrogens (primary N) is 1. The van der Waals surface area contributed by atoms with Crippen LogP contribution in [-0.4, -0.2) is 30.9 Å². The maximum Gasteiger partial charge on any atom is 0.217 e. The van der Waals surface area contributed by atoms with Gasteiger partial charge in [0, 0.05) is 19.5 Å². The molecule has 1 saturated heterocycles. The Kier molecular flexibility index (Phi) is 2.28. The topological polar surface area (TPSA) is 46.3 Å². The van der Waals surface area contributed by atoms with E-state index in [1.807, 2.05) is 0 Å². The molecule has 13 heavy (non-hydrogen) atoms. The summed E-state index contributed by atoms with van der Waals surface area (Å²) in [6, 6.07) is 0. The summed E-state index contributed by atoms with van der Waals surface area (Å²) in [6.45, 7) is 2.32. The SMILES string of the molecule is CN1CC2CCC(C1)C2CC(N)=O. The number of amides is 1. The third kappa shape index (κ3) is 1.70. The number of piperidine rings is 1. The van der Waals surface area contributed by atoms with Crippen LogP contribution in [0.4, 0.5) is 0 Å². The van der Waals surface area contributed by atoms with Gasteiger partial charge < -0.3 is 10.6 Å². The third-order valence-corrected chi connectivity index (χ3v) is 3.65. The minimum Gasteiger partial charge on any atom is -0.370 e. The van der Waals surface area contributed by atoms with Crippen molar-refractivity contribution in [3.8, 4) is 0 Å². The molecule has 0 spiro atoms. The van der Waals surface area contributed by atoms with E-state index in [0.29, 0.717) is 12.3 Å². The van der Waals surface area contributed by atoms with Crippen LogP contribution < -0.4 is 5.73 Å². The van der Waals surface area contributed by atoms with E-state index in [1.165, 1.54) is 12.8 Å². The molecule has 0 aromatic rings. The van der Waals surface area contributed by atoms with Gasteiger partial charge in [0.15, 0.2) is 0 Å². The molecule has 2 aliphatic rings. The molecule has 0 radical (unpaired) electrons. The lowest BCUT2D eigenvalue weighted by atomic mass is 9.83. The normalized spacial score (nSPS) is 39.3. The smallest absolute Gasteiger partial charge is 0.217 e. The minimum absolute atomic E-state index is 0.119. The van der Waals surface area contributed by atoms with Crippen molar-refractivity contribution < 1.29 is 4.79 Å². The highest BCUT2D eigenvalue weighted by Crippen LogP contribution is 2.42. The van der Waals surface area contributed by atoms with Gasteiger partial charge in [-0.3, -0.25) is 4.79 Å². The molecule has 2 rings (SSSR count). The van der Waals surface area contributed by atoms with E-state index < -0.39 is 0 Å². The first-order chi connectivity index (χ1) is 6.16. The first kappa shape index (κ1) is 9.00. The molecule has 2 unspecified atom stereocenters. The number of likely N-dealkylation sites (tertiary alicyclic amines) is 1. The first-order valence-electron chi connectivity index (χ1n) is 5.13. The molecule has 2 fully saturated rings. The summed E-state index contributed by atoms with van der Waals surface area (Å²) in [5.41, 5.74) is 5.26. The summed E-state index contributed by atoms with van der Waals surface area (Å²) < 4.78 is 0. The van der Waals surface area contributed by atoms with Crippen molar-refractivity contribution in [1.29, 1.82) is 0 Å². The number of carbonyl (C=O) groups excluding carboxylic acids is 1. The van der Waals surface area contributed by atoms with Crippen molar-refractivity contribution in [2.75, 3.05) is 20.1 Å². The Morgan fingerprint density at radius 1 is 1.38 bits per heavy atom. The molecule has 1 saturated carbocycles. The zero-order chi connectivity index (χ0) is 9.42. The van der Waals surface area contributed by atoms with Gasteiger partial charge in [-0.05, 0) is 37.6 Å². The van der Waals surface area contributed by atoms with E-state index in [0.717, 1.165) is 24.9 Å². The largest absolute Gasteiger partial charge is 0.370 e. The van der Waals surface area contributed by atoms with Crippen molar-refractivity contribution in [3.63, 3.8) is 0 Å². The molecule has 1 aliphatic heterocycles. The Hall–Kier alpha value is -0.570. The predicted octanol–water partition coefficient (Wildman–Crippen LogP) is 0.450. The Morgan fingerprint density at radius 2 is 1.92 bits per heavy atom. The second kappa shape index (κ2) is 3.29. The quantitative estimate of drug-likeness (QED) is 0.674.